The van der Waals surface area contributed by atoms with Crippen molar-refractivity contribution in [1.82, 2.24) is 29.6 Å². The second-order valence-corrected chi connectivity index (χ2v) is 6.93. The Hall–Kier alpha value is -2.51. The van der Waals surface area contributed by atoms with Crippen LogP contribution in [0.5, 0.6) is 0 Å². The van der Waals surface area contributed by atoms with Crippen LogP contribution in [0, 0.1) is 0 Å². The monoisotopic (exact) mass is 343 g/mol. The molecule has 1 unspecified atom stereocenters. The summed E-state index contributed by atoms with van der Waals surface area (Å²) in [5.41, 5.74) is 0.386. The van der Waals surface area contributed by atoms with E-state index in [0.717, 1.165) is 31.0 Å². The van der Waals surface area contributed by atoms with Crippen LogP contribution in [0.2, 0.25) is 0 Å². The van der Waals surface area contributed by atoms with Crippen LogP contribution in [0.15, 0.2) is 18.7 Å². The van der Waals surface area contributed by atoms with Crippen LogP contribution in [0.1, 0.15) is 55.0 Å². The first kappa shape index (κ1) is 17.3. The van der Waals surface area contributed by atoms with Crippen molar-refractivity contribution in [3.63, 3.8) is 0 Å². The molecule has 1 aliphatic rings. The second-order valence-electron chi connectivity index (χ2n) is 6.93. The standard InChI is InChI=1S/C17H25N7O/c1-12(2)24-11-20-21-16(24)13-6-5-7-23(10-13)17(25)14-8-19-15(9-18-14)22(3)4/h8-9,11-13H,5-7,10H2,1-4H3. The molecule has 0 radical (unpaired) electrons. The Kier molecular flexibility index (Phi) is 4.96. The van der Waals surface area contributed by atoms with Crippen molar-refractivity contribution in [3.8, 4) is 0 Å². The topological polar surface area (TPSA) is 80.0 Å². The molecule has 0 bridgehead atoms. The number of nitrogens with zero attached hydrogens (tertiary/aromatic N) is 7. The third-order valence-corrected chi connectivity index (χ3v) is 4.55. The number of amides is 1. The minimum Gasteiger partial charge on any atom is -0.361 e. The van der Waals surface area contributed by atoms with Crippen molar-refractivity contribution in [2.75, 3.05) is 32.1 Å². The van der Waals surface area contributed by atoms with Gasteiger partial charge >= 0.3 is 0 Å². The van der Waals surface area contributed by atoms with Gasteiger partial charge in [-0.05, 0) is 26.7 Å². The van der Waals surface area contributed by atoms with Gasteiger partial charge in [-0.1, -0.05) is 0 Å². The molecule has 0 saturated carbocycles. The Labute approximate surface area is 147 Å². The van der Waals surface area contributed by atoms with E-state index in [1.165, 1.54) is 0 Å². The van der Waals surface area contributed by atoms with E-state index >= 15 is 0 Å². The summed E-state index contributed by atoms with van der Waals surface area (Å²) in [7, 11) is 3.79. The third-order valence-electron chi connectivity index (χ3n) is 4.55. The Bertz CT molecular complexity index is 723. The summed E-state index contributed by atoms with van der Waals surface area (Å²) in [6.45, 7) is 5.60. The highest BCUT2D eigenvalue weighted by atomic mass is 16.2. The molecule has 0 aliphatic carbocycles. The summed E-state index contributed by atoms with van der Waals surface area (Å²) in [4.78, 5) is 25.1. The fourth-order valence-electron chi connectivity index (χ4n) is 3.14. The van der Waals surface area contributed by atoms with E-state index in [2.05, 4.69) is 38.6 Å². The molecule has 3 rings (SSSR count). The Balaban J connectivity index is 1.74. The number of hydrogen-bond acceptors (Lipinski definition) is 6. The van der Waals surface area contributed by atoms with Crippen LogP contribution in [-0.4, -0.2) is 62.7 Å². The molecule has 0 aromatic carbocycles. The van der Waals surface area contributed by atoms with E-state index in [9.17, 15) is 4.79 Å². The SMILES string of the molecule is CC(C)n1cnnc1C1CCCN(C(=O)c2cnc(N(C)C)cn2)C1. The molecule has 1 aliphatic heterocycles. The normalized spacial score (nSPS) is 17.8. The number of carbonyl (C=O) groups is 1. The van der Waals surface area contributed by atoms with Crippen molar-refractivity contribution in [3.05, 3.63) is 30.2 Å². The van der Waals surface area contributed by atoms with Gasteiger partial charge in [-0.2, -0.15) is 0 Å². The Morgan fingerprint density at radius 2 is 2.08 bits per heavy atom. The number of carbonyl (C=O) groups excluding carboxylic acids is 1. The van der Waals surface area contributed by atoms with E-state index < -0.39 is 0 Å². The Morgan fingerprint density at radius 3 is 2.72 bits per heavy atom. The van der Waals surface area contributed by atoms with Crippen molar-refractivity contribution >= 4 is 11.7 Å². The van der Waals surface area contributed by atoms with Crippen molar-refractivity contribution in [2.24, 2.45) is 0 Å². The van der Waals surface area contributed by atoms with Crippen molar-refractivity contribution in [2.45, 2.75) is 38.6 Å². The molecule has 0 spiro atoms. The molecule has 1 saturated heterocycles. The van der Waals surface area contributed by atoms with Crippen LogP contribution in [0.3, 0.4) is 0 Å². The van der Waals surface area contributed by atoms with Crippen LogP contribution in [0.25, 0.3) is 0 Å². The predicted molar refractivity (Wildman–Crippen MR) is 94.6 cm³/mol. The molecular weight excluding hydrogens is 318 g/mol. The number of piperidine rings is 1. The first-order chi connectivity index (χ1) is 12.0. The van der Waals surface area contributed by atoms with E-state index in [1.54, 1.807) is 18.7 Å². The summed E-state index contributed by atoms with van der Waals surface area (Å²) in [6, 6.07) is 0.306. The minimum atomic E-state index is -0.0712. The number of hydrogen-bond donors (Lipinski definition) is 0. The molecule has 3 heterocycles. The van der Waals surface area contributed by atoms with Crippen molar-refractivity contribution < 1.29 is 4.79 Å². The van der Waals surface area contributed by atoms with E-state index in [-0.39, 0.29) is 11.8 Å². The lowest BCUT2D eigenvalue weighted by Crippen LogP contribution is -2.40. The lowest BCUT2D eigenvalue weighted by Gasteiger charge is -2.32. The smallest absolute Gasteiger partial charge is 0.274 e. The fraction of sp³-hybridized carbons (Fsp3) is 0.588. The van der Waals surface area contributed by atoms with Crippen LogP contribution < -0.4 is 4.90 Å². The van der Waals surface area contributed by atoms with Gasteiger partial charge in [0, 0.05) is 39.1 Å². The average Bonchev–Trinajstić information content (AvgIpc) is 3.11. The highest BCUT2D eigenvalue weighted by Gasteiger charge is 2.29. The number of aromatic nitrogens is 5. The first-order valence-electron chi connectivity index (χ1n) is 8.65. The summed E-state index contributed by atoms with van der Waals surface area (Å²) < 4.78 is 2.09. The maximum atomic E-state index is 12.8. The van der Waals surface area contributed by atoms with Gasteiger partial charge < -0.3 is 14.4 Å². The van der Waals surface area contributed by atoms with Gasteiger partial charge in [0.15, 0.2) is 0 Å². The van der Waals surface area contributed by atoms with E-state index in [1.807, 2.05) is 23.9 Å². The third kappa shape index (κ3) is 3.62. The highest BCUT2D eigenvalue weighted by molar-refractivity contribution is 5.92. The highest BCUT2D eigenvalue weighted by Crippen LogP contribution is 2.27. The molecule has 1 amide bonds. The lowest BCUT2D eigenvalue weighted by atomic mass is 9.96. The molecule has 8 heteroatoms. The molecule has 2 aromatic rings. The van der Waals surface area contributed by atoms with Gasteiger partial charge in [-0.15, -0.1) is 10.2 Å². The number of anilines is 1. The number of likely N-dealkylation sites (tertiary alicyclic amines) is 1. The maximum absolute atomic E-state index is 12.8. The zero-order valence-electron chi connectivity index (χ0n) is 15.3. The van der Waals surface area contributed by atoms with Crippen LogP contribution in [-0.2, 0) is 0 Å². The second kappa shape index (κ2) is 7.16. The summed E-state index contributed by atoms with van der Waals surface area (Å²) in [6.07, 6.45) is 6.92. The van der Waals surface area contributed by atoms with E-state index in [4.69, 9.17) is 0 Å². The fourth-order valence-corrected chi connectivity index (χ4v) is 3.14. The number of rotatable bonds is 4. The van der Waals surface area contributed by atoms with Gasteiger partial charge in [-0.3, -0.25) is 4.79 Å². The summed E-state index contributed by atoms with van der Waals surface area (Å²) in [5.74, 6) is 1.83. The van der Waals surface area contributed by atoms with Crippen molar-refractivity contribution in [1.29, 1.82) is 0 Å². The molecule has 134 valence electrons. The van der Waals surface area contributed by atoms with Gasteiger partial charge in [0.2, 0.25) is 0 Å². The molecule has 25 heavy (non-hydrogen) atoms. The molecular formula is C17H25N7O. The van der Waals surface area contributed by atoms with E-state index in [0.29, 0.717) is 18.3 Å². The zero-order chi connectivity index (χ0) is 18.0. The first-order valence-corrected chi connectivity index (χ1v) is 8.65. The maximum Gasteiger partial charge on any atom is 0.274 e. The Morgan fingerprint density at radius 1 is 1.28 bits per heavy atom. The van der Waals surface area contributed by atoms with Gasteiger partial charge in [0.1, 0.15) is 23.7 Å². The van der Waals surface area contributed by atoms with Crippen LogP contribution >= 0.6 is 0 Å². The quantitative estimate of drug-likeness (QED) is 0.841. The zero-order valence-corrected chi connectivity index (χ0v) is 15.3. The molecule has 0 N–H and O–H groups in total. The average molecular weight is 343 g/mol. The van der Waals surface area contributed by atoms with Gasteiger partial charge in [0.25, 0.3) is 5.91 Å². The predicted octanol–water partition coefficient (Wildman–Crippen LogP) is 1.73. The molecule has 1 atom stereocenters. The summed E-state index contributed by atoms with van der Waals surface area (Å²) >= 11 is 0. The van der Waals surface area contributed by atoms with Gasteiger partial charge in [-0.25, -0.2) is 9.97 Å². The van der Waals surface area contributed by atoms with Gasteiger partial charge in [0.05, 0.1) is 12.4 Å². The largest absolute Gasteiger partial charge is 0.361 e. The molecule has 1 fully saturated rings. The summed E-state index contributed by atoms with van der Waals surface area (Å²) in [5, 5.41) is 8.36. The molecule has 2 aromatic heterocycles. The van der Waals surface area contributed by atoms with Crippen LogP contribution in [0.4, 0.5) is 5.82 Å². The minimum absolute atomic E-state index is 0.0712. The molecule has 8 nitrogen and oxygen atoms in total. The lowest BCUT2D eigenvalue weighted by molar-refractivity contribution is 0.0696.